The van der Waals surface area contributed by atoms with Crippen LogP contribution < -0.4 is 9.47 Å². The average molecular weight is 276 g/mol. The predicted octanol–water partition coefficient (Wildman–Crippen LogP) is 3.47. The minimum atomic E-state index is -0.786. The van der Waals surface area contributed by atoms with Crippen LogP contribution in [-0.2, 0) is 6.61 Å². The molecule has 3 nitrogen and oxygen atoms in total. The van der Waals surface area contributed by atoms with Crippen LogP contribution in [-0.4, -0.2) is 12.2 Å². The molecule has 1 atom stereocenters. The zero-order chi connectivity index (χ0) is 14.5. The van der Waals surface area contributed by atoms with E-state index in [9.17, 15) is 9.50 Å². The number of benzene rings is 2. The van der Waals surface area contributed by atoms with Gasteiger partial charge in [0.25, 0.3) is 0 Å². The third kappa shape index (κ3) is 3.48. The first kappa shape index (κ1) is 14.3. The molecule has 4 heteroatoms. The second kappa shape index (κ2) is 6.39. The lowest BCUT2D eigenvalue weighted by Crippen LogP contribution is -2.01. The molecule has 2 aromatic carbocycles. The van der Waals surface area contributed by atoms with Crippen LogP contribution in [0.15, 0.2) is 42.5 Å². The van der Waals surface area contributed by atoms with Gasteiger partial charge in [-0.15, -0.1) is 0 Å². The van der Waals surface area contributed by atoms with Crippen LogP contribution in [0, 0.1) is 5.82 Å². The highest BCUT2D eigenvalue weighted by molar-refractivity contribution is 5.36. The lowest BCUT2D eigenvalue weighted by Gasteiger charge is -2.14. The summed E-state index contributed by atoms with van der Waals surface area (Å²) in [5.41, 5.74) is 1.37. The normalized spacial score (nSPS) is 12.0. The summed E-state index contributed by atoms with van der Waals surface area (Å²) in [7, 11) is 1.60. The summed E-state index contributed by atoms with van der Waals surface area (Å²) in [6, 6.07) is 11.6. The quantitative estimate of drug-likeness (QED) is 0.908. The Morgan fingerprint density at radius 1 is 1.20 bits per heavy atom. The highest BCUT2D eigenvalue weighted by Crippen LogP contribution is 2.27. The maximum absolute atomic E-state index is 13.2. The van der Waals surface area contributed by atoms with Crippen LogP contribution in [0.4, 0.5) is 4.39 Å². The number of aliphatic hydroxyl groups is 1. The van der Waals surface area contributed by atoms with Gasteiger partial charge in [-0.3, -0.25) is 0 Å². The van der Waals surface area contributed by atoms with E-state index < -0.39 is 11.9 Å². The first-order valence-corrected chi connectivity index (χ1v) is 6.33. The fourth-order valence-corrected chi connectivity index (χ4v) is 1.90. The van der Waals surface area contributed by atoms with E-state index in [0.29, 0.717) is 17.9 Å². The third-order valence-electron chi connectivity index (χ3n) is 2.95. The lowest BCUT2D eigenvalue weighted by atomic mass is 10.1. The lowest BCUT2D eigenvalue weighted by molar-refractivity contribution is 0.189. The Kier molecular flexibility index (Phi) is 4.58. The Labute approximate surface area is 117 Å². The molecule has 2 rings (SSSR count). The highest BCUT2D eigenvalue weighted by atomic mass is 19.1. The highest BCUT2D eigenvalue weighted by Gasteiger charge is 2.10. The van der Waals surface area contributed by atoms with Crippen LogP contribution >= 0.6 is 0 Å². The molecule has 0 aromatic heterocycles. The molecule has 0 aliphatic carbocycles. The van der Waals surface area contributed by atoms with Crippen molar-refractivity contribution in [1.82, 2.24) is 0 Å². The molecule has 2 aromatic rings. The van der Waals surface area contributed by atoms with Gasteiger partial charge in [0.2, 0.25) is 0 Å². The zero-order valence-corrected chi connectivity index (χ0v) is 11.5. The van der Waals surface area contributed by atoms with Crippen molar-refractivity contribution in [2.75, 3.05) is 7.11 Å². The Balaban J connectivity index is 2.14. The van der Waals surface area contributed by atoms with Crippen LogP contribution in [0.1, 0.15) is 24.2 Å². The molecule has 0 saturated carbocycles. The van der Waals surface area contributed by atoms with Gasteiger partial charge in [0, 0.05) is 5.56 Å². The minimum Gasteiger partial charge on any atom is -0.497 e. The zero-order valence-electron chi connectivity index (χ0n) is 11.5. The molecule has 0 fully saturated rings. The molecule has 0 aliphatic rings. The molecule has 0 amide bonds. The van der Waals surface area contributed by atoms with Crippen LogP contribution in [0.2, 0.25) is 0 Å². The van der Waals surface area contributed by atoms with Crippen LogP contribution in [0.25, 0.3) is 0 Å². The predicted molar refractivity (Wildman–Crippen MR) is 74.4 cm³/mol. The first-order chi connectivity index (χ1) is 9.60. The van der Waals surface area contributed by atoms with E-state index in [2.05, 4.69) is 0 Å². The maximum atomic E-state index is 13.2. The van der Waals surface area contributed by atoms with Gasteiger partial charge in [0.15, 0.2) is 0 Å². The van der Waals surface area contributed by atoms with Crippen molar-refractivity contribution in [2.24, 2.45) is 0 Å². The Morgan fingerprint density at radius 2 is 2.00 bits per heavy atom. The summed E-state index contributed by atoms with van der Waals surface area (Å²) in [6.45, 7) is 1.90. The number of methoxy groups -OCH3 is 1. The fourth-order valence-electron chi connectivity index (χ4n) is 1.90. The molecule has 0 aliphatic heterocycles. The van der Waals surface area contributed by atoms with Crippen LogP contribution in [0.3, 0.4) is 0 Å². The Bertz CT molecular complexity index is 582. The SMILES string of the molecule is COc1cccc(COc2ccc(F)cc2[C@H](C)O)c1. The van der Waals surface area contributed by atoms with Crippen molar-refractivity contribution in [3.05, 3.63) is 59.4 Å². The monoisotopic (exact) mass is 276 g/mol. The Hall–Kier alpha value is -2.07. The fraction of sp³-hybridized carbons (Fsp3) is 0.250. The summed E-state index contributed by atoms with van der Waals surface area (Å²) in [6.07, 6.45) is -0.786. The average Bonchev–Trinajstić information content (AvgIpc) is 2.46. The van der Waals surface area contributed by atoms with Crippen molar-refractivity contribution in [3.8, 4) is 11.5 Å². The molecular formula is C16H17FO3. The van der Waals surface area contributed by atoms with Gasteiger partial charge in [-0.1, -0.05) is 12.1 Å². The van der Waals surface area contributed by atoms with Gasteiger partial charge in [-0.25, -0.2) is 4.39 Å². The number of aliphatic hydroxyl groups excluding tert-OH is 1. The summed E-state index contributed by atoms with van der Waals surface area (Å²) < 4.78 is 24.0. The van der Waals surface area contributed by atoms with E-state index in [1.165, 1.54) is 18.2 Å². The van der Waals surface area contributed by atoms with Gasteiger partial charge in [0.1, 0.15) is 23.9 Å². The summed E-state index contributed by atoms with van der Waals surface area (Å²) in [4.78, 5) is 0. The molecule has 106 valence electrons. The second-order valence-electron chi connectivity index (χ2n) is 4.50. The van der Waals surface area contributed by atoms with E-state index >= 15 is 0 Å². The van der Waals surface area contributed by atoms with Gasteiger partial charge in [0.05, 0.1) is 13.2 Å². The standard InChI is InChI=1S/C16H17FO3/c1-11(18)15-9-13(17)6-7-16(15)20-10-12-4-3-5-14(8-12)19-2/h3-9,11,18H,10H2,1-2H3/t11-/m0/s1. The van der Waals surface area contributed by atoms with Gasteiger partial charge >= 0.3 is 0 Å². The summed E-state index contributed by atoms with van der Waals surface area (Å²) in [5, 5.41) is 9.64. The molecule has 0 bridgehead atoms. The minimum absolute atomic E-state index is 0.322. The van der Waals surface area contributed by atoms with E-state index in [1.807, 2.05) is 24.3 Å². The summed E-state index contributed by atoms with van der Waals surface area (Å²) >= 11 is 0. The molecule has 1 N–H and O–H groups in total. The first-order valence-electron chi connectivity index (χ1n) is 6.33. The smallest absolute Gasteiger partial charge is 0.125 e. The molecule has 0 radical (unpaired) electrons. The molecule has 0 heterocycles. The largest absolute Gasteiger partial charge is 0.497 e. The number of ether oxygens (including phenoxy) is 2. The summed E-state index contributed by atoms with van der Waals surface area (Å²) in [5.74, 6) is 0.833. The number of rotatable bonds is 5. The number of hydrogen-bond donors (Lipinski definition) is 1. The molecule has 0 unspecified atom stereocenters. The van der Waals surface area contributed by atoms with Crippen LogP contribution in [0.5, 0.6) is 11.5 Å². The number of hydrogen-bond acceptors (Lipinski definition) is 3. The van der Waals surface area contributed by atoms with Crippen molar-refractivity contribution in [2.45, 2.75) is 19.6 Å². The molecule has 20 heavy (non-hydrogen) atoms. The molecule has 0 spiro atoms. The number of halogens is 1. The molecule has 0 saturated heterocycles. The van der Waals surface area contributed by atoms with E-state index in [0.717, 1.165) is 11.3 Å². The van der Waals surface area contributed by atoms with E-state index in [-0.39, 0.29) is 0 Å². The molecular weight excluding hydrogens is 259 g/mol. The van der Waals surface area contributed by atoms with Gasteiger partial charge < -0.3 is 14.6 Å². The van der Waals surface area contributed by atoms with E-state index in [4.69, 9.17) is 9.47 Å². The Morgan fingerprint density at radius 3 is 2.70 bits per heavy atom. The van der Waals surface area contributed by atoms with Gasteiger partial charge in [-0.05, 0) is 42.8 Å². The second-order valence-corrected chi connectivity index (χ2v) is 4.50. The van der Waals surface area contributed by atoms with Crippen molar-refractivity contribution in [1.29, 1.82) is 0 Å². The van der Waals surface area contributed by atoms with Crippen molar-refractivity contribution in [3.63, 3.8) is 0 Å². The third-order valence-corrected chi connectivity index (χ3v) is 2.95. The van der Waals surface area contributed by atoms with Crippen molar-refractivity contribution < 1.29 is 19.0 Å². The topological polar surface area (TPSA) is 38.7 Å². The maximum Gasteiger partial charge on any atom is 0.125 e. The van der Waals surface area contributed by atoms with E-state index in [1.54, 1.807) is 14.0 Å². The van der Waals surface area contributed by atoms with Crippen molar-refractivity contribution >= 4 is 0 Å². The van der Waals surface area contributed by atoms with Gasteiger partial charge in [-0.2, -0.15) is 0 Å².